The average molecular weight is 305 g/mol. The van der Waals surface area contributed by atoms with Crippen LogP contribution in [0.2, 0.25) is 0 Å². The van der Waals surface area contributed by atoms with Crippen molar-refractivity contribution in [2.24, 2.45) is 0 Å². The van der Waals surface area contributed by atoms with Crippen molar-refractivity contribution in [1.82, 2.24) is 0 Å². The molecule has 0 atom stereocenters. The fourth-order valence-electron chi connectivity index (χ4n) is 3.45. The zero-order valence-electron chi connectivity index (χ0n) is 13.2. The summed E-state index contributed by atoms with van der Waals surface area (Å²) in [4.78, 5) is 14.1. The third-order valence-electron chi connectivity index (χ3n) is 4.65. The van der Waals surface area contributed by atoms with Crippen molar-refractivity contribution in [3.05, 3.63) is 75.6 Å². The molecule has 3 aromatic rings. The van der Waals surface area contributed by atoms with Gasteiger partial charge in [-0.15, -0.1) is 0 Å². The first-order valence-corrected chi connectivity index (χ1v) is 8.05. The van der Waals surface area contributed by atoms with Gasteiger partial charge in [-0.3, -0.25) is 0 Å². The average Bonchev–Trinajstić information content (AvgIpc) is 3.01. The van der Waals surface area contributed by atoms with Crippen molar-refractivity contribution in [3.63, 3.8) is 0 Å². The second-order valence-electron chi connectivity index (χ2n) is 6.25. The molecule has 116 valence electrons. The predicted molar refractivity (Wildman–Crippen MR) is 93.1 cm³/mol. The summed E-state index contributed by atoms with van der Waals surface area (Å²) in [6, 6.07) is 16.1. The van der Waals surface area contributed by atoms with Crippen LogP contribution >= 0.6 is 0 Å². The lowest BCUT2D eigenvalue weighted by Gasteiger charge is -2.20. The van der Waals surface area contributed by atoms with Crippen LogP contribution in [0.1, 0.15) is 23.1 Å². The highest BCUT2D eigenvalue weighted by atomic mass is 16.4. The van der Waals surface area contributed by atoms with Crippen LogP contribution in [0.25, 0.3) is 11.0 Å². The van der Waals surface area contributed by atoms with Crippen LogP contribution in [0.3, 0.4) is 0 Å². The quantitative estimate of drug-likeness (QED) is 0.688. The molecule has 0 bridgehead atoms. The molecule has 0 unspecified atom stereocenters. The van der Waals surface area contributed by atoms with Crippen LogP contribution in [0, 0.1) is 0 Å². The summed E-state index contributed by atoms with van der Waals surface area (Å²) < 4.78 is 5.44. The minimum atomic E-state index is -0.271. The van der Waals surface area contributed by atoms with Crippen LogP contribution in [0.5, 0.6) is 0 Å². The van der Waals surface area contributed by atoms with Gasteiger partial charge < -0.3 is 9.32 Å². The Balaban J connectivity index is 1.78. The Hall–Kier alpha value is -2.55. The molecule has 1 aliphatic carbocycles. The van der Waals surface area contributed by atoms with Gasteiger partial charge in [0.1, 0.15) is 5.58 Å². The van der Waals surface area contributed by atoms with E-state index in [4.69, 9.17) is 4.42 Å². The van der Waals surface area contributed by atoms with Gasteiger partial charge in [-0.25, -0.2) is 4.79 Å². The number of fused-ring (bicyclic) bond motifs is 2. The summed E-state index contributed by atoms with van der Waals surface area (Å²) in [5.74, 6) is 0. The Morgan fingerprint density at radius 3 is 2.57 bits per heavy atom. The van der Waals surface area contributed by atoms with E-state index in [-0.39, 0.29) is 5.63 Å². The molecule has 0 N–H and O–H groups in total. The number of hydrogen-bond acceptors (Lipinski definition) is 3. The van der Waals surface area contributed by atoms with E-state index < -0.39 is 0 Å². The Morgan fingerprint density at radius 1 is 1.04 bits per heavy atom. The highest BCUT2D eigenvalue weighted by Gasteiger charge is 2.15. The molecule has 0 amide bonds. The van der Waals surface area contributed by atoms with Gasteiger partial charge in [-0.05, 0) is 60.2 Å². The summed E-state index contributed by atoms with van der Waals surface area (Å²) >= 11 is 0. The van der Waals surface area contributed by atoms with E-state index in [9.17, 15) is 4.79 Å². The number of nitrogens with zero attached hydrogens (tertiary/aromatic N) is 1. The van der Waals surface area contributed by atoms with E-state index >= 15 is 0 Å². The van der Waals surface area contributed by atoms with E-state index in [1.165, 1.54) is 17.5 Å². The number of para-hydroxylation sites is 1. The van der Waals surface area contributed by atoms with Gasteiger partial charge in [0, 0.05) is 30.7 Å². The molecule has 1 aromatic heterocycles. The zero-order chi connectivity index (χ0) is 15.8. The largest absolute Gasteiger partial charge is 0.423 e. The number of anilines is 1. The second-order valence-corrected chi connectivity index (χ2v) is 6.25. The third kappa shape index (κ3) is 2.63. The second kappa shape index (κ2) is 5.58. The summed E-state index contributed by atoms with van der Waals surface area (Å²) in [6.07, 6.45) is 3.40. The first-order valence-electron chi connectivity index (χ1n) is 8.05. The molecule has 3 heteroatoms. The maximum Gasteiger partial charge on any atom is 0.336 e. The van der Waals surface area contributed by atoms with Gasteiger partial charge in [0.2, 0.25) is 0 Å². The molecule has 0 radical (unpaired) electrons. The highest BCUT2D eigenvalue weighted by molar-refractivity contribution is 5.82. The van der Waals surface area contributed by atoms with E-state index in [1.807, 2.05) is 25.2 Å². The first-order chi connectivity index (χ1) is 11.2. The minimum Gasteiger partial charge on any atom is -0.423 e. The smallest absolute Gasteiger partial charge is 0.336 e. The standard InChI is InChI=1S/C20H19NO2/c1-21(17-8-3-2-4-9-17)13-16-12-20(22)23-19-11-15-7-5-6-14(15)10-18(16)19/h2-4,8-12H,5-7,13H2,1H3. The molecule has 2 aromatic carbocycles. The van der Waals surface area contributed by atoms with Crippen LogP contribution < -0.4 is 10.5 Å². The van der Waals surface area contributed by atoms with Crippen molar-refractivity contribution in [2.45, 2.75) is 25.8 Å². The molecule has 4 rings (SSSR count). The maximum absolute atomic E-state index is 11.9. The van der Waals surface area contributed by atoms with Crippen molar-refractivity contribution in [3.8, 4) is 0 Å². The lowest BCUT2D eigenvalue weighted by Crippen LogP contribution is -2.17. The maximum atomic E-state index is 11.9. The Bertz CT molecular complexity index is 912. The van der Waals surface area contributed by atoms with E-state index in [1.54, 1.807) is 6.07 Å². The summed E-state index contributed by atoms with van der Waals surface area (Å²) in [5.41, 5.74) is 5.33. The third-order valence-corrected chi connectivity index (χ3v) is 4.65. The SMILES string of the molecule is CN(Cc1cc(=O)oc2cc3c(cc12)CCC3)c1ccccc1. The van der Waals surface area contributed by atoms with Gasteiger partial charge in [0.25, 0.3) is 0 Å². The lowest BCUT2D eigenvalue weighted by atomic mass is 10.0. The number of aryl methyl sites for hydroxylation is 2. The van der Waals surface area contributed by atoms with Crippen LogP contribution in [-0.4, -0.2) is 7.05 Å². The van der Waals surface area contributed by atoms with E-state index in [0.29, 0.717) is 6.54 Å². The topological polar surface area (TPSA) is 33.5 Å². The molecule has 0 saturated heterocycles. The first kappa shape index (κ1) is 14.1. The molecule has 0 aliphatic heterocycles. The Morgan fingerprint density at radius 2 is 1.78 bits per heavy atom. The predicted octanol–water partition coefficient (Wildman–Crippen LogP) is 3.92. The fraction of sp³-hybridized carbons (Fsp3) is 0.250. The number of benzene rings is 2. The van der Waals surface area contributed by atoms with Gasteiger partial charge >= 0.3 is 5.63 Å². The number of rotatable bonds is 3. The van der Waals surface area contributed by atoms with Gasteiger partial charge in [-0.1, -0.05) is 18.2 Å². The molecule has 23 heavy (non-hydrogen) atoms. The van der Waals surface area contributed by atoms with Gasteiger partial charge in [0.15, 0.2) is 0 Å². The van der Waals surface area contributed by atoms with Gasteiger partial charge in [-0.2, -0.15) is 0 Å². The normalized spacial score (nSPS) is 13.3. The van der Waals surface area contributed by atoms with Crippen LogP contribution in [0.15, 0.2) is 57.7 Å². The fourth-order valence-corrected chi connectivity index (χ4v) is 3.45. The molecule has 0 saturated carbocycles. The molecule has 1 heterocycles. The Labute approximate surface area is 135 Å². The summed E-state index contributed by atoms with van der Waals surface area (Å²) in [7, 11) is 2.04. The molecule has 1 aliphatic rings. The minimum absolute atomic E-state index is 0.271. The molecule has 3 nitrogen and oxygen atoms in total. The van der Waals surface area contributed by atoms with Crippen molar-refractivity contribution >= 4 is 16.7 Å². The zero-order valence-corrected chi connectivity index (χ0v) is 13.2. The Kier molecular flexibility index (Phi) is 3.41. The molecule has 0 fully saturated rings. The summed E-state index contributed by atoms with van der Waals surface area (Å²) in [5, 5.41) is 1.06. The van der Waals surface area contributed by atoms with Crippen molar-refractivity contribution < 1.29 is 4.42 Å². The van der Waals surface area contributed by atoms with Crippen molar-refractivity contribution in [2.75, 3.05) is 11.9 Å². The van der Waals surface area contributed by atoms with Crippen molar-refractivity contribution in [1.29, 1.82) is 0 Å². The number of hydrogen-bond donors (Lipinski definition) is 0. The molecular weight excluding hydrogens is 286 g/mol. The van der Waals surface area contributed by atoms with Gasteiger partial charge in [0.05, 0.1) is 0 Å². The molecule has 0 spiro atoms. The van der Waals surface area contributed by atoms with Crippen LogP contribution in [0.4, 0.5) is 5.69 Å². The van der Waals surface area contributed by atoms with E-state index in [2.05, 4.69) is 29.2 Å². The lowest BCUT2D eigenvalue weighted by molar-refractivity contribution is 0.558. The summed E-state index contributed by atoms with van der Waals surface area (Å²) in [6.45, 7) is 0.685. The highest BCUT2D eigenvalue weighted by Crippen LogP contribution is 2.29. The monoisotopic (exact) mass is 305 g/mol. The van der Waals surface area contributed by atoms with Crippen LogP contribution in [-0.2, 0) is 19.4 Å². The molecular formula is C20H19NO2. The van der Waals surface area contributed by atoms with E-state index in [0.717, 1.165) is 35.1 Å².